The van der Waals surface area contributed by atoms with Gasteiger partial charge in [0.2, 0.25) is 5.91 Å². The summed E-state index contributed by atoms with van der Waals surface area (Å²) in [6.07, 6.45) is 5.37. The number of anilines is 1. The van der Waals surface area contributed by atoms with Crippen molar-refractivity contribution < 1.29 is 4.79 Å². The van der Waals surface area contributed by atoms with Gasteiger partial charge in [0.15, 0.2) is 5.65 Å². The quantitative estimate of drug-likeness (QED) is 0.490. The number of fused-ring (bicyclic) bond motifs is 1. The van der Waals surface area contributed by atoms with Crippen LogP contribution in [0, 0.1) is 19.8 Å². The van der Waals surface area contributed by atoms with Crippen LogP contribution in [-0.4, -0.2) is 64.7 Å². The Hall–Kier alpha value is -2.64. The highest BCUT2D eigenvalue weighted by Crippen LogP contribution is 2.32. The van der Waals surface area contributed by atoms with Gasteiger partial charge in [0.25, 0.3) is 0 Å². The van der Waals surface area contributed by atoms with Crippen LogP contribution >= 0.6 is 11.6 Å². The summed E-state index contributed by atoms with van der Waals surface area (Å²) in [5.41, 5.74) is 4.86. The number of nitrogens with zero attached hydrogens (tertiary/aromatic N) is 5. The van der Waals surface area contributed by atoms with E-state index in [4.69, 9.17) is 21.7 Å². The van der Waals surface area contributed by atoms with E-state index in [1.807, 2.05) is 42.6 Å². The lowest BCUT2D eigenvalue weighted by Gasteiger charge is -2.33. The van der Waals surface area contributed by atoms with Crippen LogP contribution in [0.3, 0.4) is 0 Å². The molecule has 35 heavy (non-hydrogen) atoms. The fraction of sp³-hybridized carbons (Fsp3) is 0.519. The largest absolute Gasteiger partial charge is 0.356 e. The highest BCUT2D eigenvalue weighted by Gasteiger charge is 2.27. The van der Waals surface area contributed by atoms with Gasteiger partial charge in [-0.3, -0.25) is 4.79 Å². The topological polar surface area (TPSA) is 65.8 Å². The highest BCUT2D eigenvalue weighted by atomic mass is 35.5. The van der Waals surface area contributed by atoms with Crippen molar-refractivity contribution in [3.05, 3.63) is 46.7 Å². The number of aryl methyl sites for hydroxylation is 2. The first-order chi connectivity index (χ1) is 17.0. The van der Waals surface area contributed by atoms with Gasteiger partial charge in [-0.05, 0) is 83.3 Å². The van der Waals surface area contributed by atoms with Crippen LogP contribution in [0.4, 0.5) is 5.82 Å². The fourth-order valence-corrected chi connectivity index (χ4v) is 5.57. The molecule has 0 bridgehead atoms. The van der Waals surface area contributed by atoms with Gasteiger partial charge >= 0.3 is 0 Å². The van der Waals surface area contributed by atoms with Crippen LogP contribution in [-0.2, 0) is 4.79 Å². The number of nitrogens with one attached hydrogen (secondary N) is 1. The molecule has 0 atom stereocenters. The average Bonchev–Trinajstić information content (AvgIpc) is 3.49. The number of hydrogen-bond acceptors (Lipinski definition) is 5. The Kier molecular flexibility index (Phi) is 7.25. The second-order valence-electron chi connectivity index (χ2n) is 9.91. The van der Waals surface area contributed by atoms with Gasteiger partial charge in [-0.1, -0.05) is 23.7 Å². The van der Waals surface area contributed by atoms with Crippen LogP contribution in [0.25, 0.3) is 16.8 Å². The molecule has 0 radical (unpaired) electrons. The minimum absolute atomic E-state index is 0.0837. The van der Waals surface area contributed by atoms with E-state index in [0.29, 0.717) is 5.02 Å². The van der Waals surface area contributed by atoms with Gasteiger partial charge in [-0.15, -0.1) is 0 Å². The van der Waals surface area contributed by atoms with E-state index >= 15 is 0 Å². The van der Waals surface area contributed by atoms with Gasteiger partial charge in [0.1, 0.15) is 5.82 Å². The highest BCUT2D eigenvalue weighted by molar-refractivity contribution is 6.30. The molecule has 0 saturated carbocycles. The molecule has 1 amide bonds. The molecule has 0 spiro atoms. The first-order valence-electron chi connectivity index (χ1n) is 12.9. The lowest BCUT2D eigenvalue weighted by Crippen LogP contribution is -2.41. The maximum atomic E-state index is 12.8. The maximum Gasteiger partial charge on any atom is 0.223 e. The number of likely N-dealkylation sites (tertiary alicyclic amines) is 1. The summed E-state index contributed by atoms with van der Waals surface area (Å²) in [6.45, 7) is 10.0. The summed E-state index contributed by atoms with van der Waals surface area (Å²) in [7, 11) is 0. The van der Waals surface area contributed by atoms with Crippen molar-refractivity contribution in [2.45, 2.75) is 46.0 Å². The molecule has 8 heteroatoms. The Labute approximate surface area is 212 Å². The third-order valence-electron chi connectivity index (χ3n) is 7.34. The second-order valence-corrected chi connectivity index (χ2v) is 10.3. The number of rotatable bonds is 7. The zero-order chi connectivity index (χ0) is 24.4. The van der Waals surface area contributed by atoms with E-state index in [-0.39, 0.29) is 11.8 Å². The van der Waals surface area contributed by atoms with E-state index < -0.39 is 0 Å². The predicted molar refractivity (Wildman–Crippen MR) is 141 cm³/mol. The molecule has 2 saturated heterocycles. The second kappa shape index (κ2) is 10.5. The van der Waals surface area contributed by atoms with Crippen molar-refractivity contribution >= 4 is 29.0 Å². The summed E-state index contributed by atoms with van der Waals surface area (Å²) >= 11 is 6.11. The number of piperidine rings is 1. The molecule has 3 aromatic rings. The number of aromatic nitrogens is 3. The van der Waals surface area contributed by atoms with Gasteiger partial charge < -0.3 is 15.1 Å². The van der Waals surface area contributed by atoms with Crippen LogP contribution in [0.5, 0.6) is 0 Å². The van der Waals surface area contributed by atoms with Crippen molar-refractivity contribution in [3.8, 4) is 11.1 Å². The zero-order valence-corrected chi connectivity index (χ0v) is 21.5. The molecule has 0 aliphatic carbocycles. The monoisotopic (exact) mass is 494 g/mol. The summed E-state index contributed by atoms with van der Waals surface area (Å²) in [6, 6.07) is 9.94. The summed E-state index contributed by atoms with van der Waals surface area (Å²) in [5, 5.41) is 8.76. The predicted octanol–water partition coefficient (Wildman–Crippen LogP) is 4.49. The number of carbonyl (C=O) groups is 1. The Bertz CT molecular complexity index is 1180. The Morgan fingerprint density at radius 3 is 2.51 bits per heavy atom. The van der Waals surface area contributed by atoms with Gasteiger partial charge in [0, 0.05) is 47.9 Å². The number of carbonyl (C=O) groups excluding carboxylic acids is 1. The van der Waals surface area contributed by atoms with E-state index in [0.717, 1.165) is 79.4 Å². The molecule has 7 nitrogen and oxygen atoms in total. The molecule has 1 N–H and O–H groups in total. The average molecular weight is 495 g/mol. The molecule has 1 aromatic carbocycles. The fourth-order valence-electron chi connectivity index (χ4n) is 5.44. The Balaban J connectivity index is 1.24. The third kappa shape index (κ3) is 5.31. The van der Waals surface area contributed by atoms with Crippen molar-refractivity contribution in [2.24, 2.45) is 5.92 Å². The van der Waals surface area contributed by atoms with Gasteiger partial charge in [-0.25, -0.2) is 4.98 Å². The van der Waals surface area contributed by atoms with Crippen molar-refractivity contribution in [3.63, 3.8) is 0 Å². The van der Waals surface area contributed by atoms with Crippen molar-refractivity contribution in [2.75, 3.05) is 44.2 Å². The van der Waals surface area contributed by atoms with Crippen molar-refractivity contribution in [1.29, 1.82) is 0 Å². The van der Waals surface area contributed by atoms with E-state index in [1.165, 1.54) is 25.9 Å². The van der Waals surface area contributed by atoms with Crippen LogP contribution in [0.1, 0.15) is 43.5 Å². The molecule has 2 aliphatic heterocycles. The van der Waals surface area contributed by atoms with Crippen LogP contribution in [0.15, 0.2) is 30.3 Å². The maximum absolute atomic E-state index is 12.8. The summed E-state index contributed by atoms with van der Waals surface area (Å²) < 4.78 is 1.96. The molecule has 0 unspecified atom stereocenters. The lowest BCUT2D eigenvalue weighted by molar-refractivity contribution is -0.125. The SMILES string of the molecule is Cc1cc(N2CCC(C(=O)NCCCN3CCCC3)CC2)n2nc(C)c(-c3ccc(Cl)cc3)c2n1. The molecule has 186 valence electrons. The number of hydrogen-bond donors (Lipinski definition) is 1. The number of amides is 1. The van der Waals surface area contributed by atoms with Gasteiger partial charge in [0.05, 0.1) is 5.69 Å². The minimum Gasteiger partial charge on any atom is -0.356 e. The normalized spacial score (nSPS) is 17.4. The molecular weight excluding hydrogens is 460 g/mol. The number of benzene rings is 1. The molecule has 4 heterocycles. The molecule has 2 fully saturated rings. The van der Waals surface area contributed by atoms with Crippen molar-refractivity contribution in [1.82, 2.24) is 24.8 Å². The molecule has 5 rings (SSSR count). The Morgan fingerprint density at radius 2 is 1.80 bits per heavy atom. The lowest BCUT2D eigenvalue weighted by atomic mass is 9.96. The third-order valence-corrected chi connectivity index (χ3v) is 7.60. The molecule has 2 aliphatic rings. The van der Waals surface area contributed by atoms with Crippen LogP contribution in [0.2, 0.25) is 5.02 Å². The number of halogens is 1. The standard InChI is InChI=1S/C27H35ClN6O/c1-19-18-24(34-26(30-19)25(20(2)31-34)21-6-8-23(28)9-7-21)33-16-10-22(11-17-33)27(35)29-12-5-15-32-13-3-4-14-32/h6-9,18,22H,3-5,10-17H2,1-2H3,(H,29,35). The summed E-state index contributed by atoms with van der Waals surface area (Å²) in [4.78, 5) is 22.4. The first kappa shape index (κ1) is 24.1. The van der Waals surface area contributed by atoms with E-state index in [2.05, 4.69) is 21.2 Å². The smallest absolute Gasteiger partial charge is 0.223 e. The first-order valence-corrected chi connectivity index (χ1v) is 13.3. The van der Waals surface area contributed by atoms with E-state index in [1.54, 1.807) is 0 Å². The zero-order valence-electron chi connectivity index (χ0n) is 20.8. The van der Waals surface area contributed by atoms with E-state index in [9.17, 15) is 4.79 Å². The Morgan fingerprint density at radius 1 is 1.09 bits per heavy atom. The minimum atomic E-state index is 0.0837. The van der Waals surface area contributed by atoms with Gasteiger partial charge in [-0.2, -0.15) is 9.61 Å². The molecular formula is C27H35ClN6O. The molecule has 2 aromatic heterocycles. The summed E-state index contributed by atoms with van der Waals surface area (Å²) in [5.74, 6) is 1.34. The van der Waals surface area contributed by atoms with Crippen LogP contribution < -0.4 is 10.2 Å².